The molecular formula is C10H10F2N2. The quantitative estimate of drug-likeness (QED) is 0.803. The highest BCUT2D eigenvalue weighted by molar-refractivity contribution is 5.34. The predicted molar refractivity (Wildman–Crippen MR) is 48.7 cm³/mol. The maximum Gasteiger partial charge on any atom is 0.274 e. The van der Waals surface area contributed by atoms with E-state index < -0.39 is 12.3 Å². The molecule has 2 N–H and O–H groups in total. The fraction of sp³-hybridized carbons (Fsp3) is 0.300. The Morgan fingerprint density at radius 1 is 1.43 bits per heavy atom. The van der Waals surface area contributed by atoms with Crippen molar-refractivity contribution in [2.24, 2.45) is 5.73 Å². The third-order valence-corrected chi connectivity index (χ3v) is 1.87. The summed E-state index contributed by atoms with van der Waals surface area (Å²) in [7, 11) is 0. The van der Waals surface area contributed by atoms with E-state index in [1.54, 1.807) is 0 Å². The van der Waals surface area contributed by atoms with Crippen LogP contribution in [0, 0.1) is 11.3 Å². The molecule has 0 radical (unpaired) electrons. The minimum absolute atomic E-state index is 0.0796. The summed E-state index contributed by atoms with van der Waals surface area (Å²) in [6.45, 7) is -0.0796. The molecule has 4 heteroatoms. The molecule has 0 unspecified atom stereocenters. The van der Waals surface area contributed by atoms with Crippen LogP contribution in [0.4, 0.5) is 8.78 Å². The molecular weight excluding hydrogens is 186 g/mol. The molecule has 14 heavy (non-hydrogen) atoms. The molecule has 2 nitrogen and oxygen atoms in total. The van der Waals surface area contributed by atoms with Crippen LogP contribution in [-0.2, 0) is 5.92 Å². The van der Waals surface area contributed by atoms with Crippen molar-refractivity contribution < 1.29 is 8.78 Å². The molecule has 0 heterocycles. The maximum absolute atomic E-state index is 13.3. The summed E-state index contributed by atoms with van der Waals surface area (Å²) >= 11 is 0. The second-order valence-electron chi connectivity index (χ2n) is 2.94. The van der Waals surface area contributed by atoms with Gasteiger partial charge in [-0.05, 0) is 18.7 Å². The van der Waals surface area contributed by atoms with Gasteiger partial charge in [-0.25, -0.2) is 8.78 Å². The minimum atomic E-state index is -2.94. The summed E-state index contributed by atoms with van der Waals surface area (Å²) in [6, 6.07) is 7.24. The summed E-state index contributed by atoms with van der Waals surface area (Å²) in [5.41, 5.74) is 5.16. The smallest absolute Gasteiger partial charge is 0.274 e. The van der Waals surface area contributed by atoms with Gasteiger partial charge in [0.2, 0.25) is 0 Å². The van der Waals surface area contributed by atoms with Crippen molar-refractivity contribution >= 4 is 0 Å². The molecule has 0 saturated carbocycles. The van der Waals surface area contributed by atoms with E-state index in [4.69, 9.17) is 11.0 Å². The van der Waals surface area contributed by atoms with E-state index in [-0.39, 0.29) is 17.7 Å². The number of benzene rings is 1. The predicted octanol–water partition coefficient (Wildman–Crippen LogP) is 2.00. The molecule has 0 aromatic heterocycles. The molecule has 0 aliphatic carbocycles. The van der Waals surface area contributed by atoms with Gasteiger partial charge >= 0.3 is 0 Å². The monoisotopic (exact) mass is 196 g/mol. The van der Waals surface area contributed by atoms with Gasteiger partial charge in [0.25, 0.3) is 5.92 Å². The first-order valence-corrected chi connectivity index (χ1v) is 4.18. The van der Waals surface area contributed by atoms with E-state index in [1.165, 1.54) is 24.3 Å². The van der Waals surface area contributed by atoms with Gasteiger partial charge in [-0.15, -0.1) is 0 Å². The van der Waals surface area contributed by atoms with Crippen molar-refractivity contribution in [1.82, 2.24) is 0 Å². The Morgan fingerprint density at radius 2 is 2.14 bits per heavy atom. The Hall–Kier alpha value is -1.47. The van der Waals surface area contributed by atoms with Crippen LogP contribution < -0.4 is 5.73 Å². The zero-order valence-corrected chi connectivity index (χ0v) is 7.50. The van der Waals surface area contributed by atoms with Crippen LogP contribution in [0.3, 0.4) is 0 Å². The number of nitrogens with two attached hydrogens (primary N) is 1. The van der Waals surface area contributed by atoms with Crippen molar-refractivity contribution in [2.75, 3.05) is 6.54 Å². The first-order valence-electron chi connectivity index (χ1n) is 4.18. The fourth-order valence-corrected chi connectivity index (χ4v) is 1.14. The molecule has 0 fully saturated rings. The molecule has 74 valence electrons. The van der Waals surface area contributed by atoms with Crippen molar-refractivity contribution in [2.45, 2.75) is 12.3 Å². The van der Waals surface area contributed by atoms with E-state index in [0.717, 1.165) is 0 Å². The van der Waals surface area contributed by atoms with Gasteiger partial charge in [-0.1, -0.05) is 12.1 Å². The Kier molecular flexibility index (Phi) is 3.15. The zero-order chi connectivity index (χ0) is 10.6. The van der Waals surface area contributed by atoms with Gasteiger partial charge in [-0.2, -0.15) is 5.26 Å². The van der Waals surface area contributed by atoms with E-state index in [0.29, 0.717) is 0 Å². The number of rotatable bonds is 3. The van der Waals surface area contributed by atoms with Gasteiger partial charge in [0, 0.05) is 12.0 Å². The highest BCUT2D eigenvalue weighted by Gasteiger charge is 2.30. The highest BCUT2D eigenvalue weighted by atomic mass is 19.3. The molecule has 0 saturated heterocycles. The Labute approximate surface area is 81.0 Å². The Bertz CT molecular complexity index is 355. The van der Waals surface area contributed by atoms with Crippen molar-refractivity contribution in [3.05, 3.63) is 35.4 Å². The zero-order valence-electron chi connectivity index (χ0n) is 7.50. The number of nitrogens with zero attached hydrogens (tertiary/aromatic N) is 1. The lowest BCUT2D eigenvalue weighted by Crippen LogP contribution is -2.18. The summed E-state index contributed by atoms with van der Waals surface area (Å²) < 4.78 is 26.6. The van der Waals surface area contributed by atoms with Gasteiger partial charge in [0.05, 0.1) is 11.6 Å². The number of nitriles is 1. The van der Waals surface area contributed by atoms with Crippen LogP contribution in [0.25, 0.3) is 0 Å². The average molecular weight is 196 g/mol. The fourth-order valence-electron chi connectivity index (χ4n) is 1.14. The van der Waals surface area contributed by atoms with Crippen LogP contribution in [-0.4, -0.2) is 6.54 Å². The average Bonchev–Trinajstić information content (AvgIpc) is 2.18. The SMILES string of the molecule is N#Cc1cccc(C(F)(F)CCN)c1. The lowest BCUT2D eigenvalue weighted by Gasteiger charge is -2.15. The summed E-state index contributed by atoms with van der Waals surface area (Å²) in [4.78, 5) is 0. The van der Waals surface area contributed by atoms with E-state index >= 15 is 0 Å². The van der Waals surface area contributed by atoms with E-state index in [9.17, 15) is 8.78 Å². The second kappa shape index (κ2) is 4.16. The first-order chi connectivity index (χ1) is 6.60. The second-order valence-corrected chi connectivity index (χ2v) is 2.94. The molecule has 0 aliphatic heterocycles. The molecule has 1 aromatic carbocycles. The van der Waals surface area contributed by atoms with Crippen LogP contribution >= 0.6 is 0 Å². The van der Waals surface area contributed by atoms with Crippen molar-refractivity contribution in [1.29, 1.82) is 5.26 Å². The molecule has 0 amide bonds. The first kappa shape index (κ1) is 10.6. The maximum atomic E-state index is 13.3. The van der Waals surface area contributed by atoms with Gasteiger partial charge in [-0.3, -0.25) is 0 Å². The Morgan fingerprint density at radius 3 is 2.71 bits per heavy atom. The van der Waals surface area contributed by atoms with Gasteiger partial charge < -0.3 is 5.73 Å². The summed E-state index contributed by atoms with van der Waals surface area (Å²) in [5, 5.41) is 8.54. The molecule has 0 bridgehead atoms. The third-order valence-electron chi connectivity index (χ3n) is 1.87. The number of hydrogen-bond acceptors (Lipinski definition) is 2. The van der Waals surface area contributed by atoms with E-state index in [2.05, 4.69) is 0 Å². The van der Waals surface area contributed by atoms with Crippen molar-refractivity contribution in [3.63, 3.8) is 0 Å². The van der Waals surface area contributed by atoms with Crippen LogP contribution in [0.1, 0.15) is 17.5 Å². The molecule has 1 rings (SSSR count). The van der Waals surface area contributed by atoms with E-state index in [1.807, 2.05) is 6.07 Å². The van der Waals surface area contributed by atoms with Crippen molar-refractivity contribution in [3.8, 4) is 6.07 Å². The lowest BCUT2D eigenvalue weighted by atomic mass is 10.0. The molecule has 0 aliphatic rings. The number of alkyl halides is 2. The van der Waals surface area contributed by atoms with Crippen LogP contribution in [0.15, 0.2) is 24.3 Å². The van der Waals surface area contributed by atoms with Crippen LogP contribution in [0.5, 0.6) is 0 Å². The molecule has 1 aromatic rings. The van der Waals surface area contributed by atoms with Gasteiger partial charge in [0.15, 0.2) is 0 Å². The summed E-state index contributed by atoms with van der Waals surface area (Å²) in [6.07, 6.45) is -0.401. The normalized spacial score (nSPS) is 11.0. The molecule has 0 spiro atoms. The summed E-state index contributed by atoms with van der Waals surface area (Å²) in [5.74, 6) is -2.94. The number of halogens is 2. The lowest BCUT2D eigenvalue weighted by molar-refractivity contribution is -0.0107. The Balaban J connectivity index is 3.01. The largest absolute Gasteiger partial charge is 0.330 e. The topological polar surface area (TPSA) is 49.8 Å². The third kappa shape index (κ3) is 2.27. The highest BCUT2D eigenvalue weighted by Crippen LogP contribution is 2.31. The van der Waals surface area contributed by atoms with Gasteiger partial charge in [0.1, 0.15) is 0 Å². The standard InChI is InChI=1S/C10H10F2N2/c11-10(12,4-5-13)9-3-1-2-8(6-9)7-14/h1-3,6H,4-5,13H2. The molecule has 0 atom stereocenters. The number of hydrogen-bond donors (Lipinski definition) is 1. The van der Waals surface area contributed by atoms with Crippen LogP contribution in [0.2, 0.25) is 0 Å². The minimum Gasteiger partial charge on any atom is -0.330 e.